The summed E-state index contributed by atoms with van der Waals surface area (Å²) in [7, 11) is 0. The molecule has 0 bridgehead atoms. The van der Waals surface area contributed by atoms with Crippen molar-refractivity contribution in [1.82, 2.24) is 0 Å². The van der Waals surface area contributed by atoms with Crippen LogP contribution in [0, 0.1) is 5.41 Å². The topological polar surface area (TPSA) is 23.5 Å². The smallest absolute Gasteiger partial charge is 0.0702 e. The van der Waals surface area contributed by atoms with Crippen LogP contribution in [0.2, 0.25) is 5.02 Å². The lowest BCUT2D eigenvalue weighted by atomic mass is 9.86. The fraction of sp³-hybridized carbons (Fsp3) is 0.600. The Morgan fingerprint density at radius 2 is 2.00 bits per heavy atom. The number of nitrogens with zero attached hydrogens (tertiary/aromatic N) is 1. The van der Waals surface area contributed by atoms with Gasteiger partial charge < -0.3 is 10.0 Å². The first-order valence-corrected chi connectivity index (χ1v) is 7.25. The van der Waals surface area contributed by atoms with Crippen molar-refractivity contribution in [2.24, 2.45) is 5.41 Å². The maximum atomic E-state index is 9.47. The molecule has 1 saturated heterocycles. The summed E-state index contributed by atoms with van der Waals surface area (Å²) in [5.74, 6) is 0. The number of anilines is 1. The minimum atomic E-state index is 0.0688. The molecular weight excluding hydrogens is 246 g/mol. The van der Waals surface area contributed by atoms with Gasteiger partial charge in [-0.3, -0.25) is 0 Å². The third-order valence-electron chi connectivity index (χ3n) is 4.66. The molecule has 3 rings (SSSR count). The molecule has 1 saturated carbocycles. The molecule has 0 amide bonds. The molecule has 0 aromatic heterocycles. The number of hydrogen-bond acceptors (Lipinski definition) is 2. The lowest BCUT2D eigenvalue weighted by Gasteiger charge is -2.26. The lowest BCUT2D eigenvalue weighted by Crippen LogP contribution is -2.25. The van der Waals surface area contributed by atoms with E-state index in [4.69, 9.17) is 11.6 Å². The molecule has 1 heterocycles. The van der Waals surface area contributed by atoms with Crippen LogP contribution >= 0.6 is 11.6 Å². The summed E-state index contributed by atoms with van der Waals surface area (Å²) in [6, 6.07) is 5.87. The van der Waals surface area contributed by atoms with E-state index < -0.39 is 0 Å². The first kappa shape index (κ1) is 12.3. The van der Waals surface area contributed by atoms with Crippen LogP contribution in [0.4, 0.5) is 5.69 Å². The van der Waals surface area contributed by atoms with Gasteiger partial charge in [-0.15, -0.1) is 0 Å². The molecular formula is C15H20ClNO. The van der Waals surface area contributed by atoms with E-state index in [-0.39, 0.29) is 6.61 Å². The van der Waals surface area contributed by atoms with Gasteiger partial charge in [0.05, 0.1) is 6.61 Å². The van der Waals surface area contributed by atoms with E-state index in [1.807, 2.05) is 12.1 Å². The van der Waals surface area contributed by atoms with E-state index in [1.54, 1.807) is 0 Å². The van der Waals surface area contributed by atoms with Crippen molar-refractivity contribution >= 4 is 17.3 Å². The fourth-order valence-corrected chi connectivity index (χ4v) is 3.86. The highest BCUT2D eigenvalue weighted by Crippen LogP contribution is 2.46. The second-order valence-electron chi connectivity index (χ2n) is 5.81. The third kappa shape index (κ3) is 2.12. The Morgan fingerprint density at radius 3 is 2.72 bits per heavy atom. The second-order valence-corrected chi connectivity index (χ2v) is 6.25. The quantitative estimate of drug-likeness (QED) is 0.883. The molecule has 3 heteroatoms. The van der Waals surface area contributed by atoms with Crippen molar-refractivity contribution in [2.45, 2.75) is 38.7 Å². The SMILES string of the molecule is OCc1cc(Cl)ccc1N1CCC2(CCCC2)C1. The number of halogens is 1. The van der Waals surface area contributed by atoms with Gasteiger partial charge in [0, 0.05) is 29.4 Å². The van der Waals surface area contributed by atoms with Crippen LogP contribution in [0.25, 0.3) is 0 Å². The van der Waals surface area contributed by atoms with Crippen molar-refractivity contribution in [3.05, 3.63) is 28.8 Å². The normalized spacial score (nSPS) is 22.0. The highest BCUT2D eigenvalue weighted by molar-refractivity contribution is 6.30. The molecule has 1 spiro atoms. The highest BCUT2D eigenvalue weighted by Gasteiger charge is 2.40. The molecule has 2 nitrogen and oxygen atoms in total. The molecule has 0 unspecified atom stereocenters. The maximum Gasteiger partial charge on any atom is 0.0702 e. The molecule has 0 atom stereocenters. The maximum absolute atomic E-state index is 9.47. The van der Waals surface area contributed by atoms with E-state index in [0.717, 1.165) is 18.7 Å². The molecule has 2 fully saturated rings. The summed E-state index contributed by atoms with van der Waals surface area (Å²) in [6.45, 7) is 2.34. The Balaban J connectivity index is 1.83. The van der Waals surface area contributed by atoms with Gasteiger partial charge in [-0.05, 0) is 42.9 Å². The van der Waals surface area contributed by atoms with E-state index in [2.05, 4.69) is 11.0 Å². The van der Waals surface area contributed by atoms with Crippen molar-refractivity contribution in [2.75, 3.05) is 18.0 Å². The van der Waals surface area contributed by atoms with E-state index in [1.165, 1.54) is 37.8 Å². The predicted molar refractivity (Wildman–Crippen MR) is 75.1 cm³/mol. The fourth-order valence-electron chi connectivity index (χ4n) is 3.66. The van der Waals surface area contributed by atoms with Crippen molar-refractivity contribution in [1.29, 1.82) is 0 Å². The van der Waals surface area contributed by atoms with E-state index in [0.29, 0.717) is 10.4 Å². The largest absolute Gasteiger partial charge is 0.392 e. The monoisotopic (exact) mass is 265 g/mol. The first-order chi connectivity index (χ1) is 8.72. The average molecular weight is 266 g/mol. The standard InChI is InChI=1S/C15H20ClNO/c16-13-3-4-14(12(9-13)10-18)17-8-7-15(11-17)5-1-2-6-15/h3-4,9,18H,1-2,5-8,10-11H2. The number of rotatable bonds is 2. The number of benzene rings is 1. The van der Waals surface area contributed by atoms with Crippen LogP contribution in [0.15, 0.2) is 18.2 Å². The van der Waals surface area contributed by atoms with Crippen LogP contribution in [0.5, 0.6) is 0 Å². The molecule has 1 aliphatic carbocycles. The van der Waals surface area contributed by atoms with Gasteiger partial charge in [-0.2, -0.15) is 0 Å². The van der Waals surface area contributed by atoms with Crippen LogP contribution in [-0.2, 0) is 6.61 Å². The van der Waals surface area contributed by atoms with Crippen molar-refractivity contribution < 1.29 is 5.11 Å². The zero-order valence-electron chi connectivity index (χ0n) is 10.7. The summed E-state index contributed by atoms with van der Waals surface area (Å²) in [5, 5.41) is 10.2. The minimum absolute atomic E-state index is 0.0688. The molecule has 18 heavy (non-hydrogen) atoms. The predicted octanol–water partition coefficient (Wildman–Crippen LogP) is 3.60. The Hall–Kier alpha value is -0.730. The summed E-state index contributed by atoms with van der Waals surface area (Å²) in [6.07, 6.45) is 6.85. The first-order valence-electron chi connectivity index (χ1n) is 6.87. The van der Waals surface area contributed by atoms with Crippen LogP contribution < -0.4 is 4.90 Å². The van der Waals surface area contributed by atoms with Gasteiger partial charge in [0.2, 0.25) is 0 Å². The Kier molecular flexibility index (Phi) is 3.25. The molecule has 1 N–H and O–H groups in total. The molecule has 1 aromatic carbocycles. The lowest BCUT2D eigenvalue weighted by molar-refractivity contribution is 0.282. The zero-order chi connectivity index (χ0) is 12.6. The van der Waals surface area contributed by atoms with Gasteiger partial charge in [0.25, 0.3) is 0 Å². The summed E-state index contributed by atoms with van der Waals surface area (Å²) >= 11 is 5.99. The number of aliphatic hydroxyl groups excluding tert-OH is 1. The zero-order valence-corrected chi connectivity index (χ0v) is 11.4. The average Bonchev–Trinajstić information content (AvgIpc) is 3.00. The molecule has 98 valence electrons. The van der Waals surface area contributed by atoms with Crippen LogP contribution in [0.3, 0.4) is 0 Å². The summed E-state index contributed by atoms with van der Waals surface area (Å²) in [4.78, 5) is 2.44. The van der Waals surface area contributed by atoms with Crippen LogP contribution in [-0.4, -0.2) is 18.2 Å². The van der Waals surface area contributed by atoms with Gasteiger partial charge in [-0.25, -0.2) is 0 Å². The molecule has 0 radical (unpaired) electrons. The third-order valence-corrected chi connectivity index (χ3v) is 4.89. The van der Waals surface area contributed by atoms with Crippen molar-refractivity contribution in [3.8, 4) is 0 Å². The number of hydrogen-bond donors (Lipinski definition) is 1. The van der Waals surface area contributed by atoms with Gasteiger partial charge in [0.1, 0.15) is 0 Å². The van der Waals surface area contributed by atoms with Crippen LogP contribution in [0.1, 0.15) is 37.7 Å². The number of aliphatic hydroxyl groups is 1. The molecule has 2 aliphatic rings. The van der Waals surface area contributed by atoms with Crippen molar-refractivity contribution in [3.63, 3.8) is 0 Å². The molecule has 1 aliphatic heterocycles. The highest BCUT2D eigenvalue weighted by atomic mass is 35.5. The summed E-state index contributed by atoms with van der Waals surface area (Å²) in [5.41, 5.74) is 2.69. The Bertz CT molecular complexity index is 440. The second kappa shape index (κ2) is 4.75. The van der Waals surface area contributed by atoms with E-state index >= 15 is 0 Å². The van der Waals surface area contributed by atoms with Gasteiger partial charge in [-0.1, -0.05) is 24.4 Å². The van der Waals surface area contributed by atoms with E-state index in [9.17, 15) is 5.11 Å². The Labute approximate surface area is 114 Å². The van der Waals surface area contributed by atoms with Gasteiger partial charge in [0.15, 0.2) is 0 Å². The molecule has 1 aromatic rings. The summed E-state index contributed by atoms with van der Waals surface area (Å²) < 4.78 is 0. The Morgan fingerprint density at radius 1 is 1.22 bits per heavy atom. The minimum Gasteiger partial charge on any atom is -0.392 e. The van der Waals surface area contributed by atoms with Gasteiger partial charge >= 0.3 is 0 Å².